The Hall–Kier alpha value is -1.18. The van der Waals surface area contributed by atoms with Crippen molar-refractivity contribution in [2.75, 3.05) is 23.3 Å². The van der Waals surface area contributed by atoms with Gasteiger partial charge in [0, 0.05) is 19.1 Å². The zero-order chi connectivity index (χ0) is 9.54. The molecule has 1 aromatic carbocycles. The Morgan fingerprint density at radius 1 is 1.43 bits per heavy atom. The second-order valence-corrected chi connectivity index (χ2v) is 4.39. The maximum absolute atomic E-state index is 3.52. The molecule has 1 fully saturated rings. The van der Waals surface area contributed by atoms with Crippen LogP contribution in [0.2, 0.25) is 0 Å². The molecule has 1 N–H and O–H groups in total. The predicted octanol–water partition coefficient (Wildman–Crippen LogP) is 2.39. The van der Waals surface area contributed by atoms with Crippen LogP contribution < -0.4 is 10.2 Å². The van der Waals surface area contributed by atoms with E-state index in [1.807, 2.05) is 0 Å². The van der Waals surface area contributed by atoms with Crippen molar-refractivity contribution in [2.24, 2.45) is 0 Å². The third-order valence-electron chi connectivity index (χ3n) is 3.37. The van der Waals surface area contributed by atoms with Crippen molar-refractivity contribution < 1.29 is 0 Å². The van der Waals surface area contributed by atoms with Gasteiger partial charge in [0.25, 0.3) is 0 Å². The Balaban J connectivity index is 2.07. The number of hydrogen-bond acceptors (Lipinski definition) is 2. The molecular formula is C12H16N2. The number of nitrogens with zero attached hydrogens (tertiary/aromatic N) is 1. The fourth-order valence-corrected chi connectivity index (χ4v) is 2.62. The average Bonchev–Trinajstić information content (AvgIpc) is 2.65. The van der Waals surface area contributed by atoms with Gasteiger partial charge in [-0.25, -0.2) is 0 Å². The molecular weight excluding hydrogens is 172 g/mol. The summed E-state index contributed by atoms with van der Waals surface area (Å²) in [6.07, 6.45) is 2.69. The van der Waals surface area contributed by atoms with Gasteiger partial charge in [0.05, 0.1) is 11.4 Å². The van der Waals surface area contributed by atoms with Crippen molar-refractivity contribution >= 4 is 11.4 Å². The lowest BCUT2D eigenvalue weighted by Crippen LogP contribution is -2.39. The molecule has 3 rings (SSSR count). The van der Waals surface area contributed by atoms with Crippen molar-refractivity contribution in [3.05, 3.63) is 23.8 Å². The smallest absolute Gasteiger partial charge is 0.0607 e. The van der Waals surface area contributed by atoms with Crippen LogP contribution in [0.15, 0.2) is 18.2 Å². The molecule has 1 saturated heterocycles. The van der Waals surface area contributed by atoms with Crippen LogP contribution in [0.3, 0.4) is 0 Å². The Morgan fingerprint density at radius 2 is 2.36 bits per heavy atom. The number of benzene rings is 1. The van der Waals surface area contributed by atoms with Gasteiger partial charge in [-0.2, -0.15) is 0 Å². The summed E-state index contributed by atoms with van der Waals surface area (Å²) in [7, 11) is 0. The van der Waals surface area contributed by atoms with Crippen LogP contribution in [-0.2, 0) is 0 Å². The molecule has 0 radical (unpaired) electrons. The van der Waals surface area contributed by atoms with Crippen LogP contribution in [0.5, 0.6) is 0 Å². The number of fused-ring (bicyclic) bond motifs is 3. The number of hydrogen-bond donors (Lipinski definition) is 1. The Kier molecular flexibility index (Phi) is 1.69. The van der Waals surface area contributed by atoms with Gasteiger partial charge in [-0.3, -0.25) is 0 Å². The quantitative estimate of drug-likeness (QED) is 0.672. The Labute approximate surface area is 84.9 Å². The second kappa shape index (κ2) is 2.91. The SMILES string of the molecule is Cc1ccc2c(c1)N1CCC[C@H]1CN2. The van der Waals surface area contributed by atoms with E-state index in [1.165, 1.54) is 36.3 Å². The number of nitrogens with one attached hydrogen (secondary N) is 1. The molecule has 0 bridgehead atoms. The van der Waals surface area contributed by atoms with Crippen molar-refractivity contribution in [3.63, 3.8) is 0 Å². The van der Waals surface area contributed by atoms with E-state index in [9.17, 15) is 0 Å². The third-order valence-corrected chi connectivity index (χ3v) is 3.37. The van der Waals surface area contributed by atoms with Gasteiger partial charge in [-0.05, 0) is 37.5 Å². The van der Waals surface area contributed by atoms with E-state index in [2.05, 4.69) is 35.3 Å². The summed E-state index contributed by atoms with van der Waals surface area (Å²) in [4.78, 5) is 2.57. The summed E-state index contributed by atoms with van der Waals surface area (Å²) in [5.74, 6) is 0. The van der Waals surface area contributed by atoms with Crippen LogP contribution >= 0.6 is 0 Å². The van der Waals surface area contributed by atoms with Gasteiger partial charge >= 0.3 is 0 Å². The number of rotatable bonds is 0. The summed E-state index contributed by atoms with van der Waals surface area (Å²) in [5.41, 5.74) is 4.09. The van der Waals surface area contributed by atoms with E-state index in [4.69, 9.17) is 0 Å². The van der Waals surface area contributed by atoms with E-state index in [0.717, 1.165) is 12.6 Å². The summed E-state index contributed by atoms with van der Waals surface area (Å²) >= 11 is 0. The molecule has 0 aliphatic carbocycles. The maximum atomic E-state index is 3.52. The molecule has 1 aromatic rings. The summed E-state index contributed by atoms with van der Waals surface area (Å²) in [5, 5.41) is 3.52. The first kappa shape index (κ1) is 8.16. The highest BCUT2D eigenvalue weighted by molar-refractivity contribution is 5.74. The summed E-state index contributed by atoms with van der Waals surface area (Å²) < 4.78 is 0. The van der Waals surface area contributed by atoms with Crippen LogP contribution in [-0.4, -0.2) is 19.1 Å². The lowest BCUT2D eigenvalue weighted by atomic mass is 10.1. The third kappa shape index (κ3) is 1.10. The molecule has 0 aromatic heterocycles. The lowest BCUT2D eigenvalue weighted by molar-refractivity contribution is 0.683. The van der Waals surface area contributed by atoms with E-state index >= 15 is 0 Å². The molecule has 0 amide bonds. The largest absolute Gasteiger partial charge is 0.381 e. The van der Waals surface area contributed by atoms with E-state index in [0.29, 0.717) is 0 Å². The summed E-state index contributed by atoms with van der Waals surface area (Å²) in [6.45, 7) is 4.53. The van der Waals surface area contributed by atoms with Crippen LogP contribution in [0.1, 0.15) is 18.4 Å². The van der Waals surface area contributed by atoms with E-state index in [1.54, 1.807) is 0 Å². The average molecular weight is 188 g/mol. The minimum absolute atomic E-state index is 0.740. The Morgan fingerprint density at radius 3 is 3.29 bits per heavy atom. The first-order valence-electron chi connectivity index (χ1n) is 5.46. The van der Waals surface area contributed by atoms with Gasteiger partial charge in [-0.1, -0.05) is 6.07 Å². The molecule has 0 spiro atoms. The van der Waals surface area contributed by atoms with Gasteiger partial charge in [-0.15, -0.1) is 0 Å². The fraction of sp³-hybridized carbons (Fsp3) is 0.500. The molecule has 2 nitrogen and oxygen atoms in total. The van der Waals surface area contributed by atoms with Gasteiger partial charge in [0.1, 0.15) is 0 Å². The molecule has 0 saturated carbocycles. The normalized spacial score (nSPS) is 24.1. The van der Waals surface area contributed by atoms with Gasteiger partial charge < -0.3 is 10.2 Å². The first-order valence-corrected chi connectivity index (χ1v) is 5.46. The van der Waals surface area contributed by atoms with Crippen molar-refractivity contribution in [2.45, 2.75) is 25.8 Å². The van der Waals surface area contributed by atoms with Crippen LogP contribution in [0, 0.1) is 6.92 Å². The monoisotopic (exact) mass is 188 g/mol. The molecule has 1 atom stereocenters. The fourth-order valence-electron chi connectivity index (χ4n) is 2.62. The zero-order valence-corrected chi connectivity index (χ0v) is 8.59. The number of anilines is 2. The predicted molar refractivity (Wildman–Crippen MR) is 60.0 cm³/mol. The van der Waals surface area contributed by atoms with Crippen LogP contribution in [0.25, 0.3) is 0 Å². The van der Waals surface area contributed by atoms with Crippen molar-refractivity contribution in [3.8, 4) is 0 Å². The second-order valence-electron chi connectivity index (χ2n) is 4.39. The molecule has 74 valence electrons. The minimum atomic E-state index is 0.740. The summed E-state index contributed by atoms with van der Waals surface area (Å²) in [6, 6.07) is 7.44. The molecule has 2 aliphatic rings. The van der Waals surface area contributed by atoms with Gasteiger partial charge in [0.15, 0.2) is 0 Å². The lowest BCUT2D eigenvalue weighted by Gasteiger charge is -2.34. The highest BCUT2D eigenvalue weighted by atomic mass is 15.2. The molecule has 14 heavy (non-hydrogen) atoms. The standard InChI is InChI=1S/C12H16N2/c1-9-4-5-11-12(7-9)14-6-2-3-10(14)8-13-11/h4-5,7,10,13H,2-3,6,8H2,1H3/t10-/m0/s1. The van der Waals surface area contributed by atoms with Crippen molar-refractivity contribution in [1.29, 1.82) is 0 Å². The molecule has 2 heterocycles. The highest BCUT2D eigenvalue weighted by Gasteiger charge is 2.29. The molecule has 0 unspecified atom stereocenters. The van der Waals surface area contributed by atoms with Crippen molar-refractivity contribution in [1.82, 2.24) is 0 Å². The van der Waals surface area contributed by atoms with E-state index < -0.39 is 0 Å². The maximum Gasteiger partial charge on any atom is 0.0607 e. The van der Waals surface area contributed by atoms with Gasteiger partial charge in [0.2, 0.25) is 0 Å². The topological polar surface area (TPSA) is 15.3 Å². The molecule has 2 heteroatoms. The first-order chi connectivity index (χ1) is 6.84. The zero-order valence-electron chi connectivity index (χ0n) is 8.59. The molecule has 2 aliphatic heterocycles. The Bertz CT molecular complexity index is 359. The van der Waals surface area contributed by atoms with Crippen LogP contribution in [0.4, 0.5) is 11.4 Å². The minimum Gasteiger partial charge on any atom is -0.381 e. The number of aryl methyl sites for hydroxylation is 1. The highest BCUT2D eigenvalue weighted by Crippen LogP contribution is 2.36. The van der Waals surface area contributed by atoms with E-state index in [-0.39, 0.29) is 0 Å².